The number of nitrogens with zero attached hydrogens (tertiary/aromatic N) is 3. The molecule has 1 saturated carbocycles. The zero-order valence-electron chi connectivity index (χ0n) is 11.1. The van der Waals surface area contributed by atoms with Crippen LogP contribution in [0.25, 0.3) is 0 Å². The Hall–Kier alpha value is -1.36. The second-order valence-electron chi connectivity index (χ2n) is 5.82. The van der Waals surface area contributed by atoms with E-state index in [1.807, 2.05) is 0 Å². The van der Waals surface area contributed by atoms with Gasteiger partial charge in [-0.05, 0) is 26.7 Å². The average molecular weight is 247 g/mol. The van der Waals surface area contributed by atoms with E-state index in [9.17, 15) is 0 Å². The molecule has 18 heavy (non-hydrogen) atoms. The van der Waals surface area contributed by atoms with Crippen molar-refractivity contribution in [3.63, 3.8) is 0 Å². The lowest BCUT2D eigenvalue weighted by atomic mass is 10.0. The predicted octanol–water partition coefficient (Wildman–Crippen LogP) is 1.24. The Bertz CT molecular complexity index is 427. The minimum atomic E-state index is 0.101. The Labute approximate surface area is 108 Å². The van der Waals surface area contributed by atoms with E-state index in [0.29, 0.717) is 6.04 Å². The Balaban J connectivity index is 1.81. The van der Waals surface area contributed by atoms with Gasteiger partial charge in [-0.3, -0.25) is 0 Å². The normalized spacial score (nSPS) is 22.9. The maximum atomic E-state index is 4.43. The van der Waals surface area contributed by atoms with E-state index in [0.717, 1.165) is 31.3 Å². The summed E-state index contributed by atoms with van der Waals surface area (Å²) in [5, 5.41) is 6.86. The van der Waals surface area contributed by atoms with Crippen molar-refractivity contribution in [2.45, 2.75) is 38.3 Å². The van der Waals surface area contributed by atoms with E-state index >= 15 is 0 Å². The van der Waals surface area contributed by atoms with Crippen molar-refractivity contribution in [1.82, 2.24) is 15.3 Å². The molecule has 0 bridgehead atoms. The molecule has 0 atom stereocenters. The van der Waals surface area contributed by atoms with E-state index in [1.54, 1.807) is 6.33 Å². The molecule has 1 aromatic heterocycles. The van der Waals surface area contributed by atoms with E-state index in [2.05, 4.69) is 45.4 Å². The summed E-state index contributed by atoms with van der Waals surface area (Å²) in [6.45, 7) is 7.48. The summed E-state index contributed by atoms with van der Waals surface area (Å²) in [5.41, 5.74) is 0.101. The van der Waals surface area contributed by atoms with Crippen LogP contribution in [0, 0.1) is 0 Å². The van der Waals surface area contributed by atoms with Gasteiger partial charge in [0.2, 0.25) is 0 Å². The topological polar surface area (TPSA) is 53.1 Å². The standard InChI is InChI=1S/C13H21N5/c1-13(2)8-14-5-6-18(13)12-7-11(15-9-16-12)17-10-3-4-10/h7,9-10,14H,3-6,8H2,1-2H3,(H,15,16,17). The molecule has 0 amide bonds. The minimum absolute atomic E-state index is 0.101. The summed E-state index contributed by atoms with van der Waals surface area (Å²) in [5.74, 6) is 1.98. The SMILES string of the molecule is CC1(C)CNCCN1c1cc(NC2CC2)ncn1. The van der Waals surface area contributed by atoms with Crippen LogP contribution >= 0.6 is 0 Å². The summed E-state index contributed by atoms with van der Waals surface area (Å²) >= 11 is 0. The maximum Gasteiger partial charge on any atom is 0.134 e. The number of hydrogen-bond acceptors (Lipinski definition) is 5. The van der Waals surface area contributed by atoms with E-state index in [-0.39, 0.29) is 5.54 Å². The van der Waals surface area contributed by atoms with E-state index in [1.165, 1.54) is 12.8 Å². The third-order valence-corrected chi connectivity index (χ3v) is 3.66. The molecule has 2 heterocycles. The third kappa shape index (κ3) is 2.41. The zero-order valence-corrected chi connectivity index (χ0v) is 11.1. The van der Waals surface area contributed by atoms with Gasteiger partial charge in [-0.25, -0.2) is 9.97 Å². The van der Waals surface area contributed by atoms with Gasteiger partial charge >= 0.3 is 0 Å². The molecular formula is C13H21N5. The Kier molecular flexibility index (Phi) is 2.86. The van der Waals surface area contributed by atoms with Crippen molar-refractivity contribution >= 4 is 11.6 Å². The fraction of sp³-hybridized carbons (Fsp3) is 0.692. The zero-order chi connectivity index (χ0) is 12.6. The molecule has 0 spiro atoms. The van der Waals surface area contributed by atoms with Gasteiger partial charge in [0.15, 0.2) is 0 Å². The molecule has 5 nitrogen and oxygen atoms in total. The minimum Gasteiger partial charge on any atom is -0.367 e. The smallest absolute Gasteiger partial charge is 0.134 e. The predicted molar refractivity (Wildman–Crippen MR) is 73.0 cm³/mol. The second kappa shape index (κ2) is 4.39. The largest absolute Gasteiger partial charge is 0.367 e. The number of nitrogens with one attached hydrogen (secondary N) is 2. The average Bonchev–Trinajstić information content (AvgIpc) is 3.13. The Morgan fingerprint density at radius 3 is 2.94 bits per heavy atom. The molecule has 2 N–H and O–H groups in total. The first-order valence-corrected chi connectivity index (χ1v) is 6.72. The monoisotopic (exact) mass is 247 g/mol. The summed E-state index contributed by atoms with van der Waals surface area (Å²) < 4.78 is 0. The molecule has 3 rings (SSSR count). The van der Waals surface area contributed by atoms with Crippen molar-refractivity contribution in [3.05, 3.63) is 12.4 Å². The fourth-order valence-corrected chi connectivity index (χ4v) is 2.42. The molecule has 0 radical (unpaired) electrons. The number of aromatic nitrogens is 2. The molecule has 1 aliphatic carbocycles. The van der Waals surface area contributed by atoms with Crippen molar-refractivity contribution in [2.75, 3.05) is 29.9 Å². The highest BCUT2D eigenvalue weighted by molar-refractivity contribution is 5.51. The fourth-order valence-electron chi connectivity index (χ4n) is 2.42. The van der Waals surface area contributed by atoms with Crippen molar-refractivity contribution in [1.29, 1.82) is 0 Å². The molecule has 98 valence electrons. The lowest BCUT2D eigenvalue weighted by Gasteiger charge is -2.43. The molecule has 1 aliphatic heterocycles. The number of anilines is 2. The highest BCUT2D eigenvalue weighted by Gasteiger charge is 2.31. The summed E-state index contributed by atoms with van der Waals surface area (Å²) in [6.07, 6.45) is 4.19. The van der Waals surface area contributed by atoms with Crippen LogP contribution in [-0.4, -0.2) is 41.2 Å². The van der Waals surface area contributed by atoms with E-state index < -0.39 is 0 Å². The van der Waals surface area contributed by atoms with Crippen LogP contribution in [0.4, 0.5) is 11.6 Å². The number of piperazine rings is 1. The van der Waals surface area contributed by atoms with Gasteiger partial charge in [0, 0.05) is 37.3 Å². The molecule has 2 aliphatic rings. The maximum absolute atomic E-state index is 4.43. The van der Waals surface area contributed by atoms with Crippen LogP contribution in [0.1, 0.15) is 26.7 Å². The summed E-state index contributed by atoms with van der Waals surface area (Å²) in [6, 6.07) is 2.70. The first-order valence-electron chi connectivity index (χ1n) is 6.72. The van der Waals surface area contributed by atoms with Crippen LogP contribution in [0.2, 0.25) is 0 Å². The first-order chi connectivity index (χ1) is 8.65. The molecule has 2 fully saturated rings. The first kappa shape index (κ1) is 11.7. The van der Waals surface area contributed by atoms with Gasteiger partial charge < -0.3 is 15.5 Å². The third-order valence-electron chi connectivity index (χ3n) is 3.66. The lowest BCUT2D eigenvalue weighted by Crippen LogP contribution is -2.58. The molecule has 0 unspecified atom stereocenters. The number of hydrogen-bond donors (Lipinski definition) is 2. The molecule has 1 aromatic rings. The Morgan fingerprint density at radius 2 is 2.22 bits per heavy atom. The van der Waals surface area contributed by atoms with Crippen LogP contribution < -0.4 is 15.5 Å². The lowest BCUT2D eigenvalue weighted by molar-refractivity contribution is 0.378. The molecular weight excluding hydrogens is 226 g/mol. The second-order valence-corrected chi connectivity index (χ2v) is 5.82. The van der Waals surface area contributed by atoms with Gasteiger partial charge in [0.25, 0.3) is 0 Å². The number of rotatable bonds is 3. The van der Waals surface area contributed by atoms with Gasteiger partial charge in [-0.1, -0.05) is 0 Å². The van der Waals surface area contributed by atoms with Crippen molar-refractivity contribution < 1.29 is 0 Å². The van der Waals surface area contributed by atoms with Crippen LogP contribution in [0.5, 0.6) is 0 Å². The van der Waals surface area contributed by atoms with Gasteiger partial charge in [-0.15, -0.1) is 0 Å². The molecule has 0 aromatic carbocycles. The highest BCUT2D eigenvalue weighted by atomic mass is 15.3. The van der Waals surface area contributed by atoms with Gasteiger partial charge in [0.05, 0.1) is 0 Å². The quantitative estimate of drug-likeness (QED) is 0.841. The van der Waals surface area contributed by atoms with Crippen LogP contribution in [-0.2, 0) is 0 Å². The Morgan fingerprint density at radius 1 is 1.39 bits per heavy atom. The van der Waals surface area contributed by atoms with Crippen molar-refractivity contribution in [3.8, 4) is 0 Å². The highest BCUT2D eigenvalue weighted by Crippen LogP contribution is 2.27. The van der Waals surface area contributed by atoms with E-state index in [4.69, 9.17) is 0 Å². The van der Waals surface area contributed by atoms with Crippen molar-refractivity contribution in [2.24, 2.45) is 0 Å². The van der Waals surface area contributed by atoms with Gasteiger partial charge in [-0.2, -0.15) is 0 Å². The van der Waals surface area contributed by atoms with Crippen LogP contribution in [0.15, 0.2) is 12.4 Å². The molecule has 1 saturated heterocycles. The van der Waals surface area contributed by atoms with Gasteiger partial charge in [0.1, 0.15) is 18.0 Å². The van der Waals surface area contributed by atoms with Crippen LogP contribution in [0.3, 0.4) is 0 Å². The summed E-state index contributed by atoms with van der Waals surface area (Å²) in [7, 11) is 0. The molecule has 5 heteroatoms. The summed E-state index contributed by atoms with van der Waals surface area (Å²) in [4.78, 5) is 11.1.